The summed E-state index contributed by atoms with van der Waals surface area (Å²) in [5.41, 5.74) is 0. The molecule has 5 heteroatoms. The molecule has 0 spiro atoms. The molecule has 0 aliphatic heterocycles. The zero-order valence-electron chi connectivity index (χ0n) is 10.6. The molecule has 0 aliphatic carbocycles. The standard InChI is InChI=1S/C11H21NO3.H2O/c1-5-10(13)9(3)7-12(4)8-11(14)15-6-2;/h9H,5-8H2,1-4H3;1H2. The first-order valence-corrected chi connectivity index (χ1v) is 5.38. The third-order valence-corrected chi connectivity index (χ3v) is 2.19. The van der Waals surface area contributed by atoms with Gasteiger partial charge in [0.1, 0.15) is 5.78 Å². The van der Waals surface area contributed by atoms with Crippen LogP contribution in [0.3, 0.4) is 0 Å². The smallest absolute Gasteiger partial charge is 0.320 e. The minimum absolute atomic E-state index is 0. The summed E-state index contributed by atoms with van der Waals surface area (Å²) in [6, 6.07) is 0. The molecular formula is C11H23NO4. The first-order chi connectivity index (χ1) is 7.01. The molecule has 0 saturated heterocycles. The van der Waals surface area contributed by atoms with Crippen molar-refractivity contribution in [3.8, 4) is 0 Å². The number of carbonyl (C=O) groups excluding carboxylic acids is 2. The van der Waals surface area contributed by atoms with Crippen LogP contribution in [0, 0.1) is 5.92 Å². The number of ether oxygens (including phenoxy) is 1. The van der Waals surface area contributed by atoms with Gasteiger partial charge < -0.3 is 10.2 Å². The predicted octanol–water partition coefficient (Wildman–Crippen LogP) is 0.272. The Morgan fingerprint density at radius 1 is 1.31 bits per heavy atom. The Balaban J connectivity index is 0. The zero-order valence-corrected chi connectivity index (χ0v) is 10.6. The minimum Gasteiger partial charge on any atom is -0.465 e. The van der Waals surface area contributed by atoms with Crippen molar-refractivity contribution >= 4 is 11.8 Å². The van der Waals surface area contributed by atoms with Crippen molar-refractivity contribution in [1.29, 1.82) is 0 Å². The van der Waals surface area contributed by atoms with E-state index in [9.17, 15) is 9.59 Å². The molecule has 0 rings (SSSR count). The number of hydrogen-bond acceptors (Lipinski definition) is 4. The van der Waals surface area contributed by atoms with Crippen LogP contribution in [0.1, 0.15) is 27.2 Å². The SMILES string of the molecule is CCOC(=O)CN(C)CC(C)C(=O)CC.O. The van der Waals surface area contributed by atoms with Crippen LogP contribution in [0.5, 0.6) is 0 Å². The topological polar surface area (TPSA) is 78.1 Å². The Bertz CT molecular complexity index is 218. The number of rotatable bonds is 7. The Morgan fingerprint density at radius 3 is 2.31 bits per heavy atom. The number of nitrogens with zero attached hydrogens (tertiary/aromatic N) is 1. The molecule has 0 amide bonds. The van der Waals surface area contributed by atoms with Crippen LogP contribution in [0.2, 0.25) is 0 Å². The molecule has 0 heterocycles. The largest absolute Gasteiger partial charge is 0.465 e. The number of ketones is 1. The average Bonchev–Trinajstić information content (AvgIpc) is 2.16. The van der Waals surface area contributed by atoms with Gasteiger partial charge in [0.2, 0.25) is 0 Å². The van der Waals surface area contributed by atoms with Gasteiger partial charge in [0, 0.05) is 18.9 Å². The molecule has 0 saturated carbocycles. The van der Waals surface area contributed by atoms with Gasteiger partial charge in [0.25, 0.3) is 0 Å². The van der Waals surface area contributed by atoms with Crippen molar-refractivity contribution in [1.82, 2.24) is 4.90 Å². The summed E-state index contributed by atoms with van der Waals surface area (Å²) in [7, 11) is 1.82. The van der Waals surface area contributed by atoms with Gasteiger partial charge in [-0.05, 0) is 14.0 Å². The fraction of sp³-hybridized carbons (Fsp3) is 0.818. The molecule has 96 valence electrons. The summed E-state index contributed by atoms with van der Waals surface area (Å²) in [5.74, 6) is -0.0312. The van der Waals surface area contributed by atoms with E-state index in [1.807, 2.05) is 25.8 Å². The van der Waals surface area contributed by atoms with E-state index >= 15 is 0 Å². The summed E-state index contributed by atoms with van der Waals surface area (Å²) in [5, 5.41) is 0. The van der Waals surface area contributed by atoms with Crippen molar-refractivity contribution in [2.45, 2.75) is 27.2 Å². The molecular weight excluding hydrogens is 210 g/mol. The lowest BCUT2D eigenvalue weighted by Crippen LogP contribution is -2.33. The molecule has 0 aromatic rings. The quantitative estimate of drug-likeness (QED) is 0.591. The maximum Gasteiger partial charge on any atom is 0.320 e. The first-order valence-electron chi connectivity index (χ1n) is 5.38. The monoisotopic (exact) mass is 233 g/mol. The third kappa shape index (κ3) is 7.36. The number of esters is 1. The highest BCUT2D eigenvalue weighted by molar-refractivity contribution is 5.80. The second-order valence-corrected chi connectivity index (χ2v) is 3.72. The van der Waals surface area contributed by atoms with Crippen molar-refractivity contribution in [2.24, 2.45) is 5.92 Å². The number of hydrogen-bond donors (Lipinski definition) is 0. The Morgan fingerprint density at radius 2 is 1.88 bits per heavy atom. The highest BCUT2D eigenvalue weighted by Gasteiger charge is 2.15. The van der Waals surface area contributed by atoms with Crippen LogP contribution in [0.4, 0.5) is 0 Å². The Hall–Kier alpha value is -0.940. The molecule has 5 nitrogen and oxygen atoms in total. The van der Waals surface area contributed by atoms with Gasteiger partial charge in [0.05, 0.1) is 13.2 Å². The van der Waals surface area contributed by atoms with E-state index in [4.69, 9.17) is 4.74 Å². The van der Waals surface area contributed by atoms with Gasteiger partial charge in [-0.15, -0.1) is 0 Å². The van der Waals surface area contributed by atoms with Crippen LogP contribution < -0.4 is 0 Å². The summed E-state index contributed by atoms with van der Waals surface area (Å²) in [4.78, 5) is 24.3. The van der Waals surface area contributed by atoms with E-state index in [0.717, 1.165) is 0 Å². The lowest BCUT2D eigenvalue weighted by molar-refractivity contribution is -0.144. The van der Waals surface area contributed by atoms with Crippen molar-refractivity contribution in [3.63, 3.8) is 0 Å². The van der Waals surface area contributed by atoms with Crippen molar-refractivity contribution < 1.29 is 19.8 Å². The van der Waals surface area contributed by atoms with Gasteiger partial charge in [0.15, 0.2) is 0 Å². The van der Waals surface area contributed by atoms with Gasteiger partial charge in [-0.1, -0.05) is 13.8 Å². The zero-order chi connectivity index (χ0) is 11.8. The van der Waals surface area contributed by atoms with Crippen LogP contribution in [-0.4, -0.2) is 48.9 Å². The lowest BCUT2D eigenvalue weighted by atomic mass is 10.0. The second kappa shape index (κ2) is 9.30. The second-order valence-electron chi connectivity index (χ2n) is 3.72. The van der Waals surface area contributed by atoms with E-state index in [1.54, 1.807) is 6.92 Å². The Kier molecular flexibility index (Phi) is 10.1. The van der Waals surface area contributed by atoms with Crippen LogP contribution >= 0.6 is 0 Å². The molecule has 16 heavy (non-hydrogen) atoms. The molecule has 0 aromatic carbocycles. The van der Waals surface area contributed by atoms with Crippen molar-refractivity contribution in [3.05, 3.63) is 0 Å². The van der Waals surface area contributed by atoms with E-state index in [1.165, 1.54) is 0 Å². The molecule has 1 unspecified atom stereocenters. The summed E-state index contributed by atoms with van der Waals surface area (Å²) in [6.45, 7) is 6.76. The van der Waals surface area contributed by atoms with Gasteiger partial charge in [-0.2, -0.15) is 0 Å². The van der Waals surface area contributed by atoms with Crippen molar-refractivity contribution in [2.75, 3.05) is 26.7 Å². The van der Waals surface area contributed by atoms with Crippen LogP contribution in [0.15, 0.2) is 0 Å². The fourth-order valence-electron chi connectivity index (χ4n) is 1.41. The van der Waals surface area contributed by atoms with Crippen LogP contribution in [-0.2, 0) is 14.3 Å². The molecule has 0 radical (unpaired) electrons. The first kappa shape index (κ1) is 17.5. The maximum absolute atomic E-state index is 11.3. The molecule has 0 aliphatic rings. The van der Waals surface area contributed by atoms with Gasteiger partial charge >= 0.3 is 5.97 Å². The van der Waals surface area contributed by atoms with E-state index < -0.39 is 0 Å². The number of Topliss-reactive ketones (excluding diaryl/α,β-unsaturated/α-hetero) is 1. The highest BCUT2D eigenvalue weighted by Crippen LogP contribution is 2.02. The van der Waals surface area contributed by atoms with E-state index in [-0.39, 0.29) is 29.7 Å². The average molecular weight is 233 g/mol. The molecule has 0 bridgehead atoms. The summed E-state index contributed by atoms with van der Waals surface area (Å²) < 4.78 is 4.82. The normalized spacial score (nSPS) is 11.8. The van der Waals surface area contributed by atoms with E-state index in [2.05, 4.69) is 0 Å². The highest BCUT2D eigenvalue weighted by atomic mass is 16.5. The maximum atomic E-state index is 11.3. The van der Waals surface area contributed by atoms with Gasteiger partial charge in [-0.3, -0.25) is 14.5 Å². The molecule has 0 aromatic heterocycles. The fourth-order valence-corrected chi connectivity index (χ4v) is 1.41. The molecule has 2 N–H and O–H groups in total. The summed E-state index contributed by atoms with van der Waals surface area (Å²) >= 11 is 0. The predicted molar refractivity (Wildman–Crippen MR) is 62.2 cm³/mol. The Labute approximate surface area is 97.1 Å². The van der Waals surface area contributed by atoms with Gasteiger partial charge in [-0.25, -0.2) is 0 Å². The number of likely N-dealkylation sites (N-methyl/N-ethyl adjacent to an activating group) is 1. The van der Waals surface area contributed by atoms with E-state index in [0.29, 0.717) is 19.6 Å². The third-order valence-electron chi connectivity index (χ3n) is 2.19. The van der Waals surface area contributed by atoms with Crippen LogP contribution in [0.25, 0.3) is 0 Å². The lowest BCUT2D eigenvalue weighted by Gasteiger charge is -2.19. The molecule has 0 fully saturated rings. The minimum atomic E-state index is -0.240. The summed E-state index contributed by atoms with van der Waals surface area (Å²) in [6.07, 6.45) is 0.550. The molecule has 1 atom stereocenters. The number of carbonyl (C=O) groups is 2.